The van der Waals surface area contributed by atoms with Gasteiger partial charge < -0.3 is 14.8 Å². The van der Waals surface area contributed by atoms with E-state index in [1.807, 2.05) is 18.2 Å². The fraction of sp³-hybridized carbons (Fsp3) is 0.316. The summed E-state index contributed by atoms with van der Waals surface area (Å²) in [7, 11) is 0. The van der Waals surface area contributed by atoms with E-state index in [0.29, 0.717) is 18.7 Å². The Balaban J connectivity index is 1.80. The molecule has 7 nitrogen and oxygen atoms in total. The number of nitrogens with zero attached hydrogens (tertiary/aromatic N) is 3. The first kappa shape index (κ1) is 17.7. The molecule has 1 aliphatic heterocycles. The topological polar surface area (TPSA) is 107 Å². The number of carbonyl (C=O) groups is 1. The smallest absolute Gasteiger partial charge is 0.341 e. The number of pyridine rings is 1. The van der Waals surface area contributed by atoms with Gasteiger partial charge in [0.2, 0.25) is 5.43 Å². The Morgan fingerprint density at radius 2 is 2.08 bits per heavy atom. The molecule has 0 bridgehead atoms. The van der Waals surface area contributed by atoms with Gasteiger partial charge in [0.25, 0.3) is 0 Å². The molecule has 0 saturated carbocycles. The van der Waals surface area contributed by atoms with Crippen LogP contribution in [0, 0.1) is 11.3 Å². The highest BCUT2D eigenvalue weighted by atomic mass is 16.4. The number of likely N-dealkylation sites (tertiary alicyclic amines) is 1. The van der Waals surface area contributed by atoms with Gasteiger partial charge in [0.05, 0.1) is 11.6 Å². The Hall–Kier alpha value is -3.11. The summed E-state index contributed by atoms with van der Waals surface area (Å²) in [5.74, 6) is -1.92. The quantitative estimate of drug-likeness (QED) is 0.849. The molecule has 134 valence electrons. The van der Waals surface area contributed by atoms with E-state index in [1.165, 1.54) is 12.4 Å². The van der Waals surface area contributed by atoms with Crippen LogP contribution in [0.3, 0.4) is 0 Å². The van der Waals surface area contributed by atoms with Gasteiger partial charge in [-0.05, 0) is 31.0 Å². The molecule has 2 N–H and O–H groups in total. The van der Waals surface area contributed by atoms with Crippen molar-refractivity contribution < 1.29 is 15.0 Å². The molecule has 7 heteroatoms. The van der Waals surface area contributed by atoms with Crippen LogP contribution in [0.5, 0.6) is 5.75 Å². The molecular weight excluding hydrogens is 334 g/mol. The molecule has 1 atom stereocenters. The molecule has 1 saturated heterocycles. The van der Waals surface area contributed by atoms with Crippen LogP contribution in [0.1, 0.15) is 34.3 Å². The van der Waals surface area contributed by atoms with Crippen molar-refractivity contribution in [3.63, 3.8) is 0 Å². The third-order valence-electron chi connectivity index (χ3n) is 4.72. The summed E-state index contributed by atoms with van der Waals surface area (Å²) >= 11 is 0. The average molecular weight is 353 g/mol. The van der Waals surface area contributed by atoms with Crippen molar-refractivity contribution in [2.24, 2.45) is 0 Å². The molecule has 1 aromatic carbocycles. The number of nitriles is 1. The highest BCUT2D eigenvalue weighted by Crippen LogP contribution is 2.23. The van der Waals surface area contributed by atoms with Crippen LogP contribution in [0.15, 0.2) is 41.5 Å². The Labute approximate surface area is 150 Å². The van der Waals surface area contributed by atoms with E-state index in [-0.39, 0.29) is 6.04 Å². The van der Waals surface area contributed by atoms with E-state index in [2.05, 4.69) is 11.0 Å². The molecule has 0 aliphatic carbocycles. The molecule has 2 aromatic rings. The van der Waals surface area contributed by atoms with Gasteiger partial charge in [-0.3, -0.25) is 9.69 Å². The summed E-state index contributed by atoms with van der Waals surface area (Å²) in [6, 6.07) is 9.79. The summed E-state index contributed by atoms with van der Waals surface area (Å²) in [5.41, 5.74) is 0.285. The molecule has 26 heavy (non-hydrogen) atoms. The number of aromatic hydroxyl groups is 1. The number of carboxylic acid groups (broad SMARTS) is 1. The first-order valence-corrected chi connectivity index (χ1v) is 8.38. The van der Waals surface area contributed by atoms with Gasteiger partial charge in [0.1, 0.15) is 5.56 Å². The minimum absolute atomic E-state index is 0.130. The maximum atomic E-state index is 11.7. The van der Waals surface area contributed by atoms with Crippen molar-refractivity contribution >= 4 is 5.97 Å². The highest BCUT2D eigenvalue weighted by Gasteiger charge is 2.26. The van der Waals surface area contributed by atoms with Gasteiger partial charge in [0, 0.05) is 31.5 Å². The predicted molar refractivity (Wildman–Crippen MR) is 93.9 cm³/mol. The molecular formula is C19H19N3O4. The first-order valence-electron chi connectivity index (χ1n) is 8.38. The van der Waals surface area contributed by atoms with Crippen LogP contribution in [-0.4, -0.2) is 38.2 Å². The van der Waals surface area contributed by atoms with Crippen LogP contribution in [0.4, 0.5) is 0 Å². The van der Waals surface area contributed by atoms with Crippen LogP contribution < -0.4 is 5.43 Å². The number of benzene rings is 1. The number of rotatable bonds is 5. The van der Waals surface area contributed by atoms with Crippen LogP contribution in [0.2, 0.25) is 0 Å². The van der Waals surface area contributed by atoms with Crippen molar-refractivity contribution in [3.05, 3.63) is 63.6 Å². The van der Waals surface area contributed by atoms with Crippen molar-refractivity contribution in [1.82, 2.24) is 9.47 Å². The van der Waals surface area contributed by atoms with E-state index in [4.69, 9.17) is 5.11 Å². The molecule has 0 unspecified atom stereocenters. The predicted octanol–water partition coefficient (Wildman–Crippen LogP) is 1.79. The molecule has 1 aromatic heterocycles. The third-order valence-corrected chi connectivity index (χ3v) is 4.72. The molecule has 0 spiro atoms. The van der Waals surface area contributed by atoms with E-state index < -0.39 is 22.7 Å². The maximum Gasteiger partial charge on any atom is 0.341 e. The van der Waals surface area contributed by atoms with E-state index in [9.17, 15) is 20.0 Å². The third kappa shape index (κ3) is 3.60. The molecule has 0 radical (unpaired) electrons. The number of carboxylic acids is 1. The summed E-state index contributed by atoms with van der Waals surface area (Å²) in [6.45, 7) is 1.97. The maximum absolute atomic E-state index is 11.7. The Morgan fingerprint density at radius 3 is 2.81 bits per heavy atom. The van der Waals surface area contributed by atoms with E-state index in [0.717, 1.165) is 24.9 Å². The second-order valence-electron chi connectivity index (χ2n) is 6.42. The standard InChI is InChI=1S/C19H19N3O4/c20-8-13-4-1-2-5-14(13)9-22-7-3-6-15(22)10-21-11-16(19(25)26)18(24)17(23)12-21/h1-2,4-5,11-12,15,23H,3,6-7,9-10H2,(H,25,26)/t15-/m0/s1. The Morgan fingerprint density at radius 1 is 1.31 bits per heavy atom. The fourth-order valence-corrected chi connectivity index (χ4v) is 3.41. The fourth-order valence-electron chi connectivity index (χ4n) is 3.41. The van der Waals surface area contributed by atoms with Gasteiger partial charge >= 0.3 is 5.97 Å². The van der Waals surface area contributed by atoms with Gasteiger partial charge in [-0.1, -0.05) is 18.2 Å². The van der Waals surface area contributed by atoms with E-state index in [1.54, 1.807) is 10.6 Å². The van der Waals surface area contributed by atoms with E-state index >= 15 is 0 Å². The van der Waals surface area contributed by atoms with Crippen LogP contribution in [-0.2, 0) is 13.1 Å². The zero-order chi connectivity index (χ0) is 18.7. The molecule has 0 amide bonds. The SMILES string of the molecule is N#Cc1ccccc1CN1CCC[C@H]1Cn1cc(O)c(=O)c(C(=O)O)c1. The molecule has 3 rings (SSSR count). The van der Waals surface area contributed by atoms with Gasteiger partial charge in [-0.2, -0.15) is 5.26 Å². The van der Waals surface area contributed by atoms with Crippen LogP contribution in [0.25, 0.3) is 0 Å². The summed E-state index contributed by atoms with van der Waals surface area (Å²) < 4.78 is 1.55. The average Bonchev–Trinajstić information content (AvgIpc) is 3.05. The van der Waals surface area contributed by atoms with Gasteiger partial charge in [0.15, 0.2) is 5.75 Å². The minimum atomic E-state index is -1.36. The summed E-state index contributed by atoms with van der Waals surface area (Å²) in [6.07, 6.45) is 4.46. The number of aromatic nitrogens is 1. The van der Waals surface area contributed by atoms with Gasteiger partial charge in [-0.15, -0.1) is 0 Å². The van der Waals surface area contributed by atoms with Crippen molar-refractivity contribution in [2.75, 3.05) is 6.54 Å². The summed E-state index contributed by atoms with van der Waals surface area (Å²) in [4.78, 5) is 25.1. The largest absolute Gasteiger partial charge is 0.503 e. The minimum Gasteiger partial charge on any atom is -0.503 e. The van der Waals surface area contributed by atoms with Gasteiger partial charge in [-0.25, -0.2) is 4.79 Å². The van der Waals surface area contributed by atoms with Crippen molar-refractivity contribution in [3.8, 4) is 11.8 Å². The molecule has 1 fully saturated rings. The molecule has 2 heterocycles. The van der Waals surface area contributed by atoms with Crippen molar-refractivity contribution in [2.45, 2.75) is 32.0 Å². The second-order valence-corrected chi connectivity index (χ2v) is 6.42. The lowest BCUT2D eigenvalue weighted by Crippen LogP contribution is -2.33. The lowest BCUT2D eigenvalue weighted by atomic mass is 10.1. The first-order chi connectivity index (χ1) is 12.5. The number of hydrogen-bond donors (Lipinski definition) is 2. The van der Waals surface area contributed by atoms with Crippen LogP contribution >= 0.6 is 0 Å². The Bertz CT molecular complexity index is 929. The number of hydrogen-bond acceptors (Lipinski definition) is 5. The number of aromatic carboxylic acids is 1. The monoisotopic (exact) mass is 353 g/mol. The Kier molecular flexibility index (Phi) is 5.05. The lowest BCUT2D eigenvalue weighted by molar-refractivity contribution is 0.0693. The van der Waals surface area contributed by atoms with Crippen molar-refractivity contribution in [1.29, 1.82) is 5.26 Å². The summed E-state index contributed by atoms with van der Waals surface area (Å²) in [5, 5.41) is 28.1. The normalized spacial score (nSPS) is 17.1. The zero-order valence-corrected chi connectivity index (χ0v) is 14.1. The zero-order valence-electron chi connectivity index (χ0n) is 14.1. The molecule has 1 aliphatic rings. The lowest BCUT2D eigenvalue weighted by Gasteiger charge is -2.26. The second kappa shape index (κ2) is 7.42. The highest BCUT2D eigenvalue weighted by molar-refractivity contribution is 5.87.